The summed E-state index contributed by atoms with van der Waals surface area (Å²) in [5.74, 6) is -0.0499. The molecule has 23 heavy (non-hydrogen) atoms. The Morgan fingerprint density at radius 3 is 2.74 bits per heavy atom. The summed E-state index contributed by atoms with van der Waals surface area (Å²) in [4.78, 5) is 26.0. The quantitative estimate of drug-likeness (QED) is 0.764. The summed E-state index contributed by atoms with van der Waals surface area (Å²) in [6, 6.07) is 7.40. The molecule has 1 aromatic heterocycles. The van der Waals surface area contributed by atoms with E-state index in [1.165, 1.54) is 0 Å². The van der Waals surface area contributed by atoms with Gasteiger partial charge in [0.15, 0.2) is 5.76 Å². The van der Waals surface area contributed by atoms with Crippen molar-refractivity contribution in [1.29, 1.82) is 0 Å². The highest BCUT2D eigenvalue weighted by Crippen LogP contribution is 2.26. The van der Waals surface area contributed by atoms with Crippen molar-refractivity contribution in [2.24, 2.45) is 5.92 Å². The number of furan rings is 1. The fourth-order valence-corrected chi connectivity index (χ4v) is 3.23. The summed E-state index contributed by atoms with van der Waals surface area (Å²) in [6.45, 7) is 3.29. The molecule has 2 heterocycles. The number of hydrogen-bond acceptors (Lipinski definition) is 4. The number of benzene rings is 1. The smallest absolute Gasteiger partial charge is 0.309 e. The zero-order valence-corrected chi connectivity index (χ0v) is 14.5. The number of likely N-dealkylation sites (tertiary alicyclic amines) is 1. The number of nitrogens with zero attached hydrogens (tertiary/aromatic N) is 1. The predicted octanol–water partition coefficient (Wildman–Crippen LogP) is 3.61. The van der Waals surface area contributed by atoms with E-state index in [0.29, 0.717) is 43.9 Å². The first-order chi connectivity index (χ1) is 11.1. The highest BCUT2D eigenvalue weighted by Gasteiger charge is 2.29. The Morgan fingerprint density at radius 2 is 2.04 bits per heavy atom. The summed E-state index contributed by atoms with van der Waals surface area (Å²) < 4.78 is 11.6. The first-order valence-corrected chi connectivity index (χ1v) is 8.53. The molecule has 1 aliphatic heterocycles. The van der Waals surface area contributed by atoms with Gasteiger partial charge in [-0.15, -0.1) is 0 Å². The number of esters is 1. The van der Waals surface area contributed by atoms with Gasteiger partial charge in [0.25, 0.3) is 5.91 Å². The fraction of sp³-hybridized carbons (Fsp3) is 0.412. The Hall–Kier alpha value is -1.82. The number of carbonyl (C=O) groups is 2. The van der Waals surface area contributed by atoms with Crippen molar-refractivity contribution in [1.82, 2.24) is 4.90 Å². The molecule has 0 aliphatic carbocycles. The lowest BCUT2D eigenvalue weighted by Crippen LogP contribution is -2.40. The molecule has 1 aromatic carbocycles. The summed E-state index contributed by atoms with van der Waals surface area (Å²) >= 11 is 3.41. The van der Waals surface area contributed by atoms with Crippen molar-refractivity contribution in [3.8, 4) is 0 Å². The Bertz CT molecular complexity index is 731. The minimum absolute atomic E-state index is 0.106. The van der Waals surface area contributed by atoms with Gasteiger partial charge >= 0.3 is 5.97 Å². The van der Waals surface area contributed by atoms with E-state index in [1.54, 1.807) is 17.9 Å². The summed E-state index contributed by atoms with van der Waals surface area (Å²) in [6.07, 6.45) is 1.27. The van der Waals surface area contributed by atoms with Crippen molar-refractivity contribution in [3.63, 3.8) is 0 Å². The van der Waals surface area contributed by atoms with Gasteiger partial charge in [-0.25, -0.2) is 0 Å². The Labute approximate surface area is 142 Å². The number of amides is 1. The minimum atomic E-state index is -0.159. The molecular weight excluding hydrogens is 362 g/mol. The number of fused-ring (bicyclic) bond motifs is 1. The van der Waals surface area contributed by atoms with Gasteiger partial charge in [0, 0.05) is 22.9 Å². The molecule has 1 fully saturated rings. The summed E-state index contributed by atoms with van der Waals surface area (Å²) in [5.41, 5.74) is 0.693. The van der Waals surface area contributed by atoms with Crippen LogP contribution in [0.1, 0.15) is 30.3 Å². The molecule has 3 rings (SSSR count). The lowest BCUT2D eigenvalue weighted by molar-refractivity contribution is -0.149. The molecule has 1 saturated heterocycles. The normalized spacial score (nSPS) is 15.8. The fourth-order valence-electron chi connectivity index (χ4n) is 2.85. The monoisotopic (exact) mass is 379 g/mol. The molecule has 5 nitrogen and oxygen atoms in total. The first-order valence-electron chi connectivity index (χ1n) is 7.73. The largest absolute Gasteiger partial charge is 0.466 e. The first kappa shape index (κ1) is 16.1. The molecule has 0 spiro atoms. The molecule has 0 bridgehead atoms. The van der Waals surface area contributed by atoms with Gasteiger partial charge < -0.3 is 14.1 Å². The second kappa shape index (κ2) is 6.74. The van der Waals surface area contributed by atoms with E-state index in [9.17, 15) is 9.59 Å². The standard InChI is InChI=1S/C17H18BrNO4/c1-2-22-17(21)11-5-7-19(8-6-11)16(20)15-10-12-9-13(18)3-4-14(12)23-15/h3-4,9-11H,2,5-8H2,1H3. The van der Waals surface area contributed by atoms with E-state index in [1.807, 2.05) is 18.2 Å². The molecule has 2 aromatic rings. The number of rotatable bonds is 3. The lowest BCUT2D eigenvalue weighted by atomic mass is 9.97. The van der Waals surface area contributed by atoms with Crippen molar-refractivity contribution in [2.45, 2.75) is 19.8 Å². The topological polar surface area (TPSA) is 59.8 Å². The zero-order chi connectivity index (χ0) is 16.4. The third-order valence-electron chi connectivity index (χ3n) is 4.09. The van der Waals surface area contributed by atoms with Crippen molar-refractivity contribution in [3.05, 3.63) is 34.5 Å². The third kappa shape index (κ3) is 3.42. The van der Waals surface area contributed by atoms with Crippen LogP contribution in [-0.2, 0) is 9.53 Å². The van der Waals surface area contributed by atoms with E-state index in [0.717, 1.165) is 9.86 Å². The number of piperidine rings is 1. The van der Waals surface area contributed by atoms with Gasteiger partial charge in [-0.1, -0.05) is 15.9 Å². The van der Waals surface area contributed by atoms with Gasteiger partial charge in [-0.05, 0) is 44.0 Å². The summed E-state index contributed by atoms with van der Waals surface area (Å²) in [5, 5.41) is 0.893. The number of carbonyl (C=O) groups excluding carboxylic acids is 2. The van der Waals surface area contributed by atoms with E-state index in [2.05, 4.69) is 15.9 Å². The predicted molar refractivity (Wildman–Crippen MR) is 89.2 cm³/mol. The van der Waals surface area contributed by atoms with Gasteiger partial charge in [-0.3, -0.25) is 9.59 Å². The van der Waals surface area contributed by atoms with Gasteiger partial charge in [0.05, 0.1) is 12.5 Å². The van der Waals surface area contributed by atoms with E-state index in [4.69, 9.17) is 9.15 Å². The molecule has 1 aliphatic rings. The second-order valence-electron chi connectivity index (χ2n) is 5.61. The average Bonchev–Trinajstić information content (AvgIpc) is 2.97. The molecule has 1 amide bonds. The van der Waals surface area contributed by atoms with Gasteiger partial charge in [0.1, 0.15) is 5.58 Å². The second-order valence-corrected chi connectivity index (χ2v) is 6.53. The number of ether oxygens (including phenoxy) is 1. The van der Waals surface area contributed by atoms with Crippen LogP contribution in [0, 0.1) is 5.92 Å². The van der Waals surface area contributed by atoms with Crippen molar-refractivity contribution in [2.75, 3.05) is 19.7 Å². The average molecular weight is 380 g/mol. The number of hydrogen-bond donors (Lipinski definition) is 0. The molecule has 0 atom stereocenters. The van der Waals surface area contributed by atoms with Crippen LogP contribution in [0.2, 0.25) is 0 Å². The number of halogens is 1. The zero-order valence-electron chi connectivity index (χ0n) is 12.9. The van der Waals surface area contributed by atoms with Crippen LogP contribution >= 0.6 is 15.9 Å². The maximum absolute atomic E-state index is 12.6. The highest BCUT2D eigenvalue weighted by molar-refractivity contribution is 9.10. The van der Waals surface area contributed by atoms with E-state index >= 15 is 0 Å². The van der Waals surface area contributed by atoms with Gasteiger partial charge in [0.2, 0.25) is 0 Å². The molecular formula is C17H18BrNO4. The Morgan fingerprint density at radius 1 is 1.30 bits per heavy atom. The maximum atomic E-state index is 12.6. The van der Waals surface area contributed by atoms with E-state index in [-0.39, 0.29) is 17.8 Å². The maximum Gasteiger partial charge on any atom is 0.309 e. The van der Waals surface area contributed by atoms with E-state index < -0.39 is 0 Å². The highest BCUT2D eigenvalue weighted by atomic mass is 79.9. The Kier molecular flexibility index (Phi) is 4.71. The summed E-state index contributed by atoms with van der Waals surface area (Å²) in [7, 11) is 0. The molecule has 0 saturated carbocycles. The molecule has 0 unspecified atom stereocenters. The van der Waals surface area contributed by atoms with Crippen LogP contribution < -0.4 is 0 Å². The molecule has 0 radical (unpaired) electrons. The van der Waals surface area contributed by atoms with Crippen LogP contribution in [0.25, 0.3) is 11.0 Å². The van der Waals surface area contributed by atoms with Crippen LogP contribution in [0.5, 0.6) is 0 Å². The molecule has 122 valence electrons. The molecule has 0 N–H and O–H groups in total. The Balaban J connectivity index is 1.67. The van der Waals surface area contributed by atoms with Crippen LogP contribution in [0.3, 0.4) is 0 Å². The van der Waals surface area contributed by atoms with Crippen LogP contribution in [-0.4, -0.2) is 36.5 Å². The minimum Gasteiger partial charge on any atom is -0.466 e. The molecule has 6 heteroatoms. The third-order valence-corrected chi connectivity index (χ3v) is 4.58. The van der Waals surface area contributed by atoms with Crippen LogP contribution in [0.4, 0.5) is 0 Å². The van der Waals surface area contributed by atoms with Crippen molar-refractivity contribution < 1.29 is 18.7 Å². The lowest BCUT2D eigenvalue weighted by Gasteiger charge is -2.30. The van der Waals surface area contributed by atoms with Gasteiger partial charge in [-0.2, -0.15) is 0 Å². The van der Waals surface area contributed by atoms with Crippen molar-refractivity contribution >= 4 is 38.8 Å². The SMILES string of the molecule is CCOC(=O)C1CCN(C(=O)c2cc3cc(Br)ccc3o2)CC1. The van der Waals surface area contributed by atoms with Crippen LogP contribution in [0.15, 0.2) is 33.2 Å².